The zero-order chi connectivity index (χ0) is 17.5. The third kappa shape index (κ3) is 4.60. The lowest BCUT2D eigenvalue weighted by Crippen LogP contribution is -2.11. The van der Waals surface area contributed by atoms with Crippen LogP contribution in [0.1, 0.15) is 5.56 Å². The van der Waals surface area contributed by atoms with Crippen molar-refractivity contribution < 1.29 is 23.2 Å². The molecule has 0 unspecified atom stereocenters. The van der Waals surface area contributed by atoms with Gasteiger partial charge in [0.25, 0.3) is 5.69 Å². The average Bonchev–Trinajstić information content (AvgIpc) is 2.54. The first-order valence-corrected chi connectivity index (χ1v) is 6.73. The first-order chi connectivity index (χ1) is 11.5. The van der Waals surface area contributed by atoms with E-state index in [1.165, 1.54) is 42.5 Å². The van der Waals surface area contributed by atoms with E-state index in [1.807, 2.05) is 0 Å². The quantitative estimate of drug-likeness (QED) is 0.494. The van der Waals surface area contributed by atoms with Gasteiger partial charge in [-0.15, -0.1) is 0 Å². The van der Waals surface area contributed by atoms with Gasteiger partial charge in [0.2, 0.25) is 5.91 Å². The third-order valence-corrected chi connectivity index (χ3v) is 2.91. The van der Waals surface area contributed by atoms with Gasteiger partial charge in [-0.2, -0.15) is 8.78 Å². The number of anilines is 1. The second kappa shape index (κ2) is 7.82. The molecule has 0 saturated heterocycles. The number of ether oxygens (including phenoxy) is 1. The van der Waals surface area contributed by atoms with Gasteiger partial charge in [0.15, 0.2) is 0 Å². The van der Waals surface area contributed by atoms with Crippen LogP contribution in [0.3, 0.4) is 0 Å². The van der Waals surface area contributed by atoms with E-state index in [0.29, 0.717) is 0 Å². The van der Waals surface area contributed by atoms with Gasteiger partial charge < -0.3 is 10.1 Å². The Hall–Kier alpha value is -3.29. The molecule has 0 heterocycles. The number of nitro groups is 1. The van der Waals surface area contributed by atoms with Gasteiger partial charge in [-0.05, 0) is 24.3 Å². The summed E-state index contributed by atoms with van der Waals surface area (Å²) in [4.78, 5) is 22.2. The minimum absolute atomic E-state index is 0.0648. The molecule has 1 N–H and O–H groups in total. The predicted octanol–water partition coefficient (Wildman–Crippen LogP) is 3.85. The van der Waals surface area contributed by atoms with Gasteiger partial charge in [0.05, 0.1) is 16.2 Å². The standard InChI is InChI=1S/C16H12F2N2O4/c17-16(18)24-14-8-4-2-6-12(14)19-15(21)10-9-11-5-1-3-7-13(11)20(22)23/h1-10,16H,(H,19,21). The maximum Gasteiger partial charge on any atom is 0.387 e. The molecule has 0 bridgehead atoms. The van der Waals surface area contributed by atoms with Crippen LogP contribution in [0.25, 0.3) is 6.08 Å². The summed E-state index contributed by atoms with van der Waals surface area (Å²) in [6.07, 6.45) is 2.34. The number of alkyl halides is 2. The van der Waals surface area contributed by atoms with Crippen LogP contribution < -0.4 is 10.1 Å². The normalized spacial score (nSPS) is 10.8. The molecule has 1 amide bonds. The lowest BCUT2D eigenvalue weighted by Gasteiger charge is -2.10. The Bertz CT molecular complexity index is 778. The van der Waals surface area contributed by atoms with Crippen LogP contribution in [0.2, 0.25) is 0 Å². The number of rotatable bonds is 6. The van der Waals surface area contributed by atoms with Crippen molar-refractivity contribution in [3.8, 4) is 5.75 Å². The van der Waals surface area contributed by atoms with Crippen LogP contribution in [0.15, 0.2) is 54.6 Å². The lowest BCUT2D eigenvalue weighted by atomic mass is 10.1. The van der Waals surface area contributed by atoms with Crippen LogP contribution in [0.4, 0.5) is 20.2 Å². The molecular weight excluding hydrogens is 322 g/mol. The molecule has 24 heavy (non-hydrogen) atoms. The summed E-state index contributed by atoms with van der Waals surface area (Å²) in [6, 6.07) is 11.6. The highest BCUT2D eigenvalue weighted by molar-refractivity contribution is 6.03. The van der Waals surface area contributed by atoms with Crippen LogP contribution in [0, 0.1) is 10.1 Å². The number of hydrogen-bond acceptors (Lipinski definition) is 4. The summed E-state index contributed by atoms with van der Waals surface area (Å²) in [6.45, 7) is -3.02. The van der Waals surface area contributed by atoms with Crippen LogP contribution >= 0.6 is 0 Å². The number of nitrogens with one attached hydrogen (secondary N) is 1. The molecule has 6 nitrogen and oxygen atoms in total. The summed E-state index contributed by atoms with van der Waals surface area (Å²) >= 11 is 0. The molecule has 0 aliphatic heterocycles. The molecule has 0 fully saturated rings. The zero-order valence-electron chi connectivity index (χ0n) is 12.2. The number of amides is 1. The van der Waals surface area contributed by atoms with Crippen LogP contribution in [-0.4, -0.2) is 17.4 Å². The molecule has 0 aliphatic rings. The Morgan fingerprint density at radius 3 is 2.54 bits per heavy atom. The number of hydrogen-bond donors (Lipinski definition) is 1. The Balaban J connectivity index is 2.13. The number of carbonyl (C=O) groups excluding carboxylic acids is 1. The molecule has 8 heteroatoms. The minimum atomic E-state index is -3.02. The van der Waals surface area contributed by atoms with E-state index in [4.69, 9.17) is 0 Å². The fraction of sp³-hybridized carbons (Fsp3) is 0.0625. The predicted molar refractivity (Wildman–Crippen MR) is 83.8 cm³/mol. The Labute approximate surface area is 135 Å². The average molecular weight is 334 g/mol. The fourth-order valence-corrected chi connectivity index (χ4v) is 1.90. The van der Waals surface area contributed by atoms with Crippen molar-refractivity contribution in [3.05, 3.63) is 70.3 Å². The maximum atomic E-state index is 12.3. The van der Waals surface area contributed by atoms with E-state index in [9.17, 15) is 23.7 Å². The van der Waals surface area contributed by atoms with E-state index in [0.717, 1.165) is 6.08 Å². The first-order valence-electron chi connectivity index (χ1n) is 6.73. The third-order valence-electron chi connectivity index (χ3n) is 2.91. The van der Waals surface area contributed by atoms with Crippen molar-refractivity contribution in [2.75, 3.05) is 5.32 Å². The lowest BCUT2D eigenvalue weighted by molar-refractivity contribution is -0.385. The van der Waals surface area contributed by atoms with Gasteiger partial charge in [-0.3, -0.25) is 14.9 Å². The summed E-state index contributed by atoms with van der Waals surface area (Å²) < 4.78 is 28.9. The number of benzene rings is 2. The van der Waals surface area contributed by atoms with Crippen molar-refractivity contribution in [3.63, 3.8) is 0 Å². The van der Waals surface area contributed by atoms with Crippen LogP contribution in [0.5, 0.6) is 5.75 Å². The highest BCUT2D eigenvalue weighted by Gasteiger charge is 2.12. The number of carbonyl (C=O) groups is 1. The van der Waals surface area contributed by atoms with Crippen molar-refractivity contribution in [2.24, 2.45) is 0 Å². The number of para-hydroxylation sites is 3. The second-order valence-electron chi connectivity index (χ2n) is 4.51. The van der Waals surface area contributed by atoms with E-state index < -0.39 is 17.4 Å². The summed E-state index contributed by atoms with van der Waals surface area (Å²) in [5.74, 6) is -0.821. The topological polar surface area (TPSA) is 81.5 Å². The molecule has 0 radical (unpaired) electrons. The van der Waals surface area contributed by atoms with E-state index in [2.05, 4.69) is 10.1 Å². The second-order valence-corrected chi connectivity index (χ2v) is 4.51. The van der Waals surface area contributed by atoms with Gasteiger partial charge in [0, 0.05) is 12.1 Å². The minimum Gasteiger partial charge on any atom is -0.433 e. The summed E-state index contributed by atoms with van der Waals surface area (Å²) in [7, 11) is 0. The summed E-state index contributed by atoms with van der Waals surface area (Å²) in [5.41, 5.74) is 0.160. The smallest absolute Gasteiger partial charge is 0.387 e. The van der Waals surface area contributed by atoms with Gasteiger partial charge in [0.1, 0.15) is 5.75 Å². The Kier molecular flexibility index (Phi) is 5.56. The van der Waals surface area contributed by atoms with Crippen LogP contribution in [-0.2, 0) is 4.79 Å². The van der Waals surface area contributed by atoms with E-state index in [-0.39, 0.29) is 22.7 Å². The Morgan fingerprint density at radius 2 is 1.83 bits per heavy atom. The molecule has 0 aromatic heterocycles. The molecule has 0 aliphatic carbocycles. The molecule has 0 saturated carbocycles. The van der Waals surface area contributed by atoms with Crippen molar-refractivity contribution in [2.45, 2.75) is 6.61 Å². The molecule has 2 aromatic rings. The number of nitrogens with zero attached hydrogens (tertiary/aromatic N) is 1. The number of nitro benzene ring substituents is 1. The maximum absolute atomic E-state index is 12.3. The molecule has 0 atom stereocenters. The monoisotopic (exact) mass is 334 g/mol. The first kappa shape index (κ1) is 17.1. The Morgan fingerprint density at radius 1 is 1.17 bits per heavy atom. The van der Waals surface area contributed by atoms with Gasteiger partial charge >= 0.3 is 6.61 Å². The van der Waals surface area contributed by atoms with Gasteiger partial charge in [-0.1, -0.05) is 24.3 Å². The molecular formula is C16H12F2N2O4. The van der Waals surface area contributed by atoms with Gasteiger partial charge in [-0.25, -0.2) is 0 Å². The van der Waals surface area contributed by atoms with E-state index in [1.54, 1.807) is 12.1 Å². The molecule has 124 valence electrons. The van der Waals surface area contributed by atoms with Crippen molar-refractivity contribution in [1.29, 1.82) is 0 Å². The molecule has 0 spiro atoms. The van der Waals surface area contributed by atoms with Crippen molar-refractivity contribution in [1.82, 2.24) is 0 Å². The zero-order valence-corrected chi connectivity index (χ0v) is 12.2. The largest absolute Gasteiger partial charge is 0.433 e. The molecule has 2 aromatic carbocycles. The van der Waals surface area contributed by atoms with Crippen molar-refractivity contribution >= 4 is 23.4 Å². The highest BCUT2D eigenvalue weighted by atomic mass is 19.3. The highest BCUT2D eigenvalue weighted by Crippen LogP contribution is 2.25. The van der Waals surface area contributed by atoms with E-state index >= 15 is 0 Å². The summed E-state index contributed by atoms with van der Waals surface area (Å²) in [5, 5.41) is 13.3. The number of halogens is 2. The molecule has 2 rings (SSSR count). The fourth-order valence-electron chi connectivity index (χ4n) is 1.90. The SMILES string of the molecule is O=C(C=Cc1ccccc1[N+](=O)[O-])Nc1ccccc1OC(F)F.